The van der Waals surface area contributed by atoms with E-state index >= 15 is 0 Å². The molecule has 40 heavy (non-hydrogen) atoms. The van der Waals surface area contributed by atoms with Crippen LogP contribution in [0.15, 0.2) is 29.3 Å². The van der Waals surface area contributed by atoms with Gasteiger partial charge in [0, 0.05) is 12.1 Å². The van der Waals surface area contributed by atoms with Gasteiger partial charge in [0.15, 0.2) is 0 Å². The highest BCUT2D eigenvalue weighted by atomic mass is 16.4. The van der Waals surface area contributed by atoms with Crippen LogP contribution in [0.3, 0.4) is 0 Å². The van der Waals surface area contributed by atoms with Crippen LogP contribution in [0.25, 0.3) is 0 Å². The lowest BCUT2D eigenvalue weighted by Gasteiger charge is -2.48. The number of aliphatic carboxylic acids is 1. The van der Waals surface area contributed by atoms with Crippen LogP contribution in [0.5, 0.6) is 0 Å². The molecule has 1 aromatic carbocycles. The second-order valence-corrected chi connectivity index (χ2v) is 14.6. The molecule has 0 bridgehead atoms. The van der Waals surface area contributed by atoms with Crippen molar-refractivity contribution in [3.05, 3.63) is 35.4 Å². The van der Waals surface area contributed by atoms with Gasteiger partial charge in [-0.2, -0.15) is 0 Å². The number of nitrogens with zero attached hydrogens (tertiary/aromatic N) is 2. The molecule has 1 spiro atoms. The highest BCUT2D eigenvalue weighted by Gasteiger charge is 2.52. The quantitative estimate of drug-likeness (QED) is 0.325. The Morgan fingerprint density at radius 1 is 1.07 bits per heavy atom. The Balaban J connectivity index is 1.96. The lowest BCUT2D eigenvalue weighted by molar-refractivity contribution is -0.137. The van der Waals surface area contributed by atoms with Crippen molar-refractivity contribution in [1.29, 1.82) is 0 Å². The first kappa shape index (κ1) is 31.8. The van der Waals surface area contributed by atoms with E-state index in [1.807, 2.05) is 12.1 Å². The van der Waals surface area contributed by atoms with E-state index in [-0.39, 0.29) is 41.7 Å². The average Bonchev–Trinajstić information content (AvgIpc) is 3.08. The van der Waals surface area contributed by atoms with E-state index in [0.29, 0.717) is 29.5 Å². The third kappa shape index (κ3) is 7.94. The van der Waals surface area contributed by atoms with Crippen LogP contribution in [0.4, 0.5) is 0 Å². The molecule has 1 aromatic rings. The minimum Gasteiger partial charge on any atom is -0.481 e. The van der Waals surface area contributed by atoms with Crippen LogP contribution in [0, 0.1) is 22.7 Å². The number of rotatable bonds is 10. The summed E-state index contributed by atoms with van der Waals surface area (Å²) in [6, 6.07) is 7.35. The molecule has 0 radical (unpaired) electrons. The molecular weight excluding hydrogens is 502 g/mol. The molecule has 222 valence electrons. The normalized spacial score (nSPS) is 22.5. The predicted molar refractivity (Wildman–Crippen MR) is 160 cm³/mol. The molecule has 1 fully saturated rings. The van der Waals surface area contributed by atoms with Crippen molar-refractivity contribution in [2.75, 3.05) is 6.54 Å². The third-order valence-electron chi connectivity index (χ3n) is 8.53. The number of carbonyl (C=O) groups is 3. The average molecular weight is 554 g/mol. The fourth-order valence-corrected chi connectivity index (χ4v) is 6.19. The number of aliphatic imine (C=N–C) groups is 1. The number of carboxylic acid groups (broad SMARTS) is 1. The van der Waals surface area contributed by atoms with Crippen molar-refractivity contribution in [2.45, 2.75) is 118 Å². The number of hydrogen-bond donors (Lipinski definition) is 2. The Kier molecular flexibility index (Phi) is 9.90. The Morgan fingerprint density at radius 2 is 1.68 bits per heavy atom. The van der Waals surface area contributed by atoms with Crippen LogP contribution in [0.1, 0.15) is 129 Å². The van der Waals surface area contributed by atoms with Gasteiger partial charge < -0.3 is 15.3 Å². The molecule has 1 saturated carbocycles. The van der Waals surface area contributed by atoms with Gasteiger partial charge in [0.05, 0.1) is 12.5 Å². The molecule has 3 rings (SSSR count). The maximum Gasteiger partial charge on any atom is 0.305 e. The van der Waals surface area contributed by atoms with E-state index in [0.717, 1.165) is 44.1 Å². The van der Waals surface area contributed by atoms with E-state index in [1.165, 1.54) is 0 Å². The van der Waals surface area contributed by atoms with Crippen molar-refractivity contribution in [3.8, 4) is 0 Å². The summed E-state index contributed by atoms with van der Waals surface area (Å²) in [7, 11) is 0. The highest BCUT2D eigenvalue weighted by molar-refractivity contribution is 6.40. The van der Waals surface area contributed by atoms with Crippen molar-refractivity contribution in [1.82, 2.24) is 10.2 Å². The molecule has 0 aromatic heterocycles. The zero-order valence-corrected chi connectivity index (χ0v) is 26.0. The fourth-order valence-electron chi connectivity index (χ4n) is 6.19. The third-order valence-corrected chi connectivity index (χ3v) is 8.53. The molecule has 1 atom stereocenters. The van der Waals surface area contributed by atoms with Gasteiger partial charge in [-0.15, -0.1) is 0 Å². The van der Waals surface area contributed by atoms with Gasteiger partial charge in [0.2, 0.25) is 0 Å². The minimum atomic E-state index is -0.947. The number of hydrogen-bond acceptors (Lipinski definition) is 4. The van der Waals surface area contributed by atoms with Crippen LogP contribution >= 0.6 is 0 Å². The Bertz CT molecular complexity index is 1080. The molecule has 1 aliphatic carbocycles. The minimum absolute atomic E-state index is 0.0670. The molecule has 1 aliphatic heterocycles. The van der Waals surface area contributed by atoms with Crippen molar-refractivity contribution in [2.24, 2.45) is 27.7 Å². The van der Waals surface area contributed by atoms with Gasteiger partial charge in [0.25, 0.3) is 11.8 Å². The summed E-state index contributed by atoms with van der Waals surface area (Å²) < 4.78 is 0. The Hall–Kier alpha value is -2.70. The van der Waals surface area contributed by atoms with E-state index in [9.17, 15) is 14.4 Å². The summed E-state index contributed by atoms with van der Waals surface area (Å²) in [6.07, 6.45) is 6.17. The molecule has 0 unspecified atom stereocenters. The van der Waals surface area contributed by atoms with E-state index in [1.54, 1.807) is 12.1 Å². The summed E-state index contributed by atoms with van der Waals surface area (Å²) in [4.78, 5) is 44.9. The molecule has 0 saturated heterocycles. The monoisotopic (exact) mass is 553 g/mol. The smallest absolute Gasteiger partial charge is 0.305 e. The van der Waals surface area contributed by atoms with Gasteiger partial charge >= 0.3 is 5.97 Å². The lowest BCUT2D eigenvalue weighted by atomic mass is 9.69. The van der Waals surface area contributed by atoms with Crippen molar-refractivity contribution in [3.63, 3.8) is 0 Å². The van der Waals surface area contributed by atoms with Gasteiger partial charge in [-0.3, -0.25) is 19.4 Å². The first-order chi connectivity index (χ1) is 18.5. The van der Waals surface area contributed by atoms with Crippen LogP contribution in [0.2, 0.25) is 0 Å². The zero-order valence-electron chi connectivity index (χ0n) is 26.0. The predicted octanol–water partition coefficient (Wildman–Crippen LogP) is 7.02. The molecule has 2 N–H and O–H groups in total. The number of amides is 2. The topological polar surface area (TPSA) is 99.1 Å². The standard InChI is InChI=1S/C33H51N3O4/c1-22(2)21-26-30(40)36(33(35-26)18-13-25(14-19-33)32(6,7)8)27(15-17-31(3,4)5)23-9-11-24(12-10-23)29(39)34-20-16-28(37)38/h9-12,22,25,27H,13-21H2,1-8H3,(H,34,39)(H,37,38)/t25?,27-,33?/m1/s1. The SMILES string of the molecule is CC(C)CC1=NC2(CCC(C(C)(C)C)CC2)N([C@H](CCC(C)(C)C)c2ccc(C(=O)NCCC(=O)O)cc2)C1=O. The number of benzene rings is 1. The van der Waals surface area contributed by atoms with Gasteiger partial charge in [0.1, 0.15) is 11.4 Å². The molecule has 7 nitrogen and oxygen atoms in total. The van der Waals surface area contributed by atoms with Gasteiger partial charge in [-0.25, -0.2) is 0 Å². The van der Waals surface area contributed by atoms with Gasteiger partial charge in [-0.1, -0.05) is 67.5 Å². The molecule has 1 heterocycles. The molecule has 2 aliphatic rings. The number of nitrogens with one attached hydrogen (secondary N) is 1. The molecular formula is C33H51N3O4. The number of carbonyl (C=O) groups excluding carboxylic acids is 2. The maximum atomic E-state index is 14.2. The second kappa shape index (κ2) is 12.4. The Labute approximate surface area is 241 Å². The summed E-state index contributed by atoms with van der Waals surface area (Å²) in [5, 5.41) is 11.5. The summed E-state index contributed by atoms with van der Waals surface area (Å²) in [5.74, 6) is -0.228. The summed E-state index contributed by atoms with van der Waals surface area (Å²) >= 11 is 0. The maximum absolute atomic E-state index is 14.2. The Morgan fingerprint density at radius 3 is 2.17 bits per heavy atom. The van der Waals surface area contributed by atoms with Crippen LogP contribution < -0.4 is 5.32 Å². The van der Waals surface area contributed by atoms with Gasteiger partial charge in [-0.05, 0) is 85.3 Å². The van der Waals surface area contributed by atoms with Crippen LogP contribution in [-0.4, -0.2) is 45.7 Å². The van der Waals surface area contributed by atoms with E-state index < -0.39 is 11.6 Å². The first-order valence-electron chi connectivity index (χ1n) is 15.0. The molecule has 7 heteroatoms. The van der Waals surface area contributed by atoms with E-state index in [4.69, 9.17) is 10.1 Å². The fraction of sp³-hybridized carbons (Fsp3) is 0.697. The largest absolute Gasteiger partial charge is 0.481 e. The van der Waals surface area contributed by atoms with Crippen LogP contribution in [-0.2, 0) is 9.59 Å². The van der Waals surface area contributed by atoms with Crippen molar-refractivity contribution >= 4 is 23.5 Å². The summed E-state index contributed by atoms with van der Waals surface area (Å²) in [6.45, 7) is 18.0. The second-order valence-electron chi connectivity index (χ2n) is 14.6. The zero-order chi connectivity index (χ0) is 29.9. The first-order valence-corrected chi connectivity index (χ1v) is 15.0. The lowest BCUT2D eigenvalue weighted by Crippen LogP contribution is -2.51. The van der Waals surface area contributed by atoms with E-state index in [2.05, 4.69) is 65.6 Å². The van der Waals surface area contributed by atoms with Crippen molar-refractivity contribution < 1.29 is 19.5 Å². The number of carboxylic acids is 1. The summed E-state index contributed by atoms with van der Waals surface area (Å²) in [5.41, 5.74) is 2.01. The highest BCUT2D eigenvalue weighted by Crippen LogP contribution is 2.50. The molecule has 2 amide bonds.